The van der Waals surface area contributed by atoms with Crippen LogP contribution in [0.1, 0.15) is 36.9 Å². The van der Waals surface area contributed by atoms with Crippen LogP contribution in [0, 0.1) is 0 Å². The summed E-state index contributed by atoms with van der Waals surface area (Å²) in [6.07, 6.45) is 7.39. The predicted molar refractivity (Wildman–Crippen MR) is 70.4 cm³/mol. The van der Waals surface area contributed by atoms with E-state index >= 15 is 0 Å². The largest absolute Gasteiger partial charge is 0.367 e. The van der Waals surface area contributed by atoms with Gasteiger partial charge in [-0.3, -0.25) is 0 Å². The van der Waals surface area contributed by atoms with Crippen LogP contribution in [-0.4, -0.2) is 24.1 Å². The molecule has 1 aliphatic carbocycles. The van der Waals surface area contributed by atoms with Gasteiger partial charge in [0.2, 0.25) is 0 Å². The molecule has 1 fully saturated rings. The van der Waals surface area contributed by atoms with Gasteiger partial charge in [0.1, 0.15) is 5.82 Å². The van der Waals surface area contributed by atoms with Crippen LogP contribution in [-0.2, 0) is 12.8 Å². The second-order valence-electron chi connectivity index (χ2n) is 5.18. The zero-order chi connectivity index (χ0) is 11.5. The molecule has 0 radical (unpaired) electrons. The average Bonchev–Trinajstić information content (AvgIpc) is 2.65. The van der Waals surface area contributed by atoms with E-state index in [1.165, 1.54) is 43.4 Å². The third-order valence-corrected chi connectivity index (χ3v) is 3.86. The number of hydrogen-bond acceptors (Lipinski definition) is 3. The van der Waals surface area contributed by atoms with E-state index in [4.69, 9.17) is 4.98 Å². The molecular formula is C14H21N3. The second kappa shape index (κ2) is 5.05. The van der Waals surface area contributed by atoms with E-state index < -0.39 is 0 Å². The molecule has 1 atom stereocenters. The molecule has 1 aromatic rings. The van der Waals surface area contributed by atoms with Crippen LogP contribution in [0.3, 0.4) is 0 Å². The van der Waals surface area contributed by atoms with Gasteiger partial charge < -0.3 is 10.6 Å². The zero-order valence-electron chi connectivity index (χ0n) is 10.3. The Balaban J connectivity index is 1.67. The van der Waals surface area contributed by atoms with Crippen molar-refractivity contribution < 1.29 is 0 Å². The predicted octanol–water partition coefficient (Wildman–Crippen LogP) is 2.12. The van der Waals surface area contributed by atoms with Crippen molar-refractivity contribution in [2.75, 3.05) is 18.4 Å². The molecule has 3 heteroatoms. The summed E-state index contributed by atoms with van der Waals surface area (Å²) in [7, 11) is 0. The number of nitrogens with zero attached hydrogens (tertiary/aromatic N) is 1. The van der Waals surface area contributed by atoms with Gasteiger partial charge in [0.15, 0.2) is 0 Å². The second-order valence-corrected chi connectivity index (χ2v) is 5.18. The van der Waals surface area contributed by atoms with Crippen molar-refractivity contribution in [3.63, 3.8) is 0 Å². The fraction of sp³-hybridized carbons (Fsp3) is 0.643. The lowest BCUT2D eigenvalue weighted by Crippen LogP contribution is -2.22. The summed E-state index contributed by atoms with van der Waals surface area (Å²) in [4.78, 5) is 4.75. The number of nitrogens with one attached hydrogen (secondary N) is 2. The Hall–Kier alpha value is -1.09. The molecule has 0 aromatic carbocycles. The number of pyridine rings is 1. The molecule has 1 unspecified atom stereocenters. The Kier molecular flexibility index (Phi) is 3.27. The number of fused-ring (bicyclic) bond motifs is 1. The summed E-state index contributed by atoms with van der Waals surface area (Å²) in [5.74, 6) is 1.08. The van der Waals surface area contributed by atoms with Crippen LogP contribution in [0.2, 0.25) is 0 Å². The molecule has 1 aliphatic heterocycles. The van der Waals surface area contributed by atoms with Crippen molar-refractivity contribution >= 4 is 5.82 Å². The number of aromatic nitrogens is 1. The van der Waals surface area contributed by atoms with E-state index in [9.17, 15) is 0 Å². The van der Waals surface area contributed by atoms with E-state index in [1.54, 1.807) is 0 Å². The van der Waals surface area contributed by atoms with Gasteiger partial charge in [-0.1, -0.05) is 6.07 Å². The molecule has 0 saturated carbocycles. The highest BCUT2D eigenvalue weighted by Gasteiger charge is 2.15. The molecule has 2 heterocycles. The fourth-order valence-corrected chi connectivity index (χ4v) is 2.87. The van der Waals surface area contributed by atoms with Crippen molar-refractivity contribution in [2.45, 2.75) is 44.6 Å². The van der Waals surface area contributed by atoms with E-state index in [2.05, 4.69) is 22.8 Å². The molecule has 3 rings (SSSR count). The minimum absolute atomic E-state index is 0.594. The molecule has 2 N–H and O–H groups in total. The molecule has 17 heavy (non-hydrogen) atoms. The standard InChI is InChI=1S/C14H21N3/c1-3-11-6-7-14(17-13(11)5-1)16-12-4-2-9-15-10-8-12/h6-7,12,15H,1-5,8-10H2,(H,16,17). The summed E-state index contributed by atoms with van der Waals surface area (Å²) in [6, 6.07) is 5.01. The van der Waals surface area contributed by atoms with Gasteiger partial charge in [0, 0.05) is 11.7 Å². The topological polar surface area (TPSA) is 37.0 Å². The molecule has 92 valence electrons. The lowest BCUT2D eigenvalue weighted by atomic mass is 10.1. The number of hydrogen-bond donors (Lipinski definition) is 2. The molecule has 1 saturated heterocycles. The van der Waals surface area contributed by atoms with Crippen LogP contribution in [0.4, 0.5) is 5.82 Å². The maximum atomic E-state index is 4.75. The number of rotatable bonds is 2. The van der Waals surface area contributed by atoms with Gasteiger partial charge >= 0.3 is 0 Å². The first kappa shape index (κ1) is 11.0. The lowest BCUT2D eigenvalue weighted by molar-refractivity contribution is 0.634. The highest BCUT2D eigenvalue weighted by atomic mass is 15.0. The molecule has 0 spiro atoms. The molecule has 0 bridgehead atoms. The van der Waals surface area contributed by atoms with Crippen LogP contribution < -0.4 is 10.6 Å². The summed E-state index contributed by atoms with van der Waals surface area (Å²) in [6.45, 7) is 2.29. The summed E-state index contributed by atoms with van der Waals surface area (Å²) < 4.78 is 0. The Labute approximate surface area is 103 Å². The third-order valence-electron chi connectivity index (χ3n) is 3.86. The van der Waals surface area contributed by atoms with E-state index in [-0.39, 0.29) is 0 Å². The minimum Gasteiger partial charge on any atom is -0.367 e. The first-order valence-corrected chi connectivity index (χ1v) is 6.88. The Bertz CT molecular complexity index is 381. The van der Waals surface area contributed by atoms with Gasteiger partial charge in [-0.05, 0) is 63.2 Å². The quantitative estimate of drug-likeness (QED) is 0.818. The SMILES string of the molecule is c1cc2c(nc1NC1CCCNCC1)CCC2. The van der Waals surface area contributed by atoms with Gasteiger partial charge in [0.25, 0.3) is 0 Å². The van der Waals surface area contributed by atoms with E-state index in [1.807, 2.05) is 0 Å². The van der Waals surface area contributed by atoms with Crippen LogP contribution >= 0.6 is 0 Å². The lowest BCUT2D eigenvalue weighted by Gasteiger charge is -2.17. The van der Waals surface area contributed by atoms with Crippen molar-refractivity contribution in [2.24, 2.45) is 0 Å². The van der Waals surface area contributed by atoms with Gasteiger partial charge in [-0.15, -0.1) is 0 Å². The smallest absolute Gasteiger partial charge is 0.126 e. The van der Waals surface area contributed by atoms with Gasteiger partial charge in [-0.25, -0.2) is 4.98 Å². The highest BCUT2D eigenvalue weighted by Crippen LogP contribution is 2.22. The Morgan fingerprint density at radius 1 is 1.12 bits per heavy atom. The first-order valence-electron chi connectivity index (χ1n) is 6.88. The number of aryl methyl sites for hydroxylation is 2. The summed E-state index contributed by atoms with van der Waals surface area (Å²) in [5, 5.41) is 7.04. The highest BCUT2D eigenvalue weighted by molar-refractivity contribution is 5.41. The zero-order valence-corrected chi connectivity index (χ0v) is 10.3. The molecule has 2 aliphatic rings. The van der Waals surface area contributed by atoms with Crippen molar-refractivity contribution in [3.05, 3.63) is 23.4 Å². The van der Waals surface area contributed by atoms with Gasteiger partial charge in [0.05, 0.1) is 0 Å². The molecule has 0 amide bonds. The minimum atomic E-state index is 0.594. The van der Waals surface area contributed by atoms with Gasteiger partial charge in [-0.2, -0.15) is 0 Å². The average molecular weight is 231 g/mol. The summed E-state index contributed by atoms with van der Waals surface area (Å²) >= 11 is 0. The fourth-order valence-electron chi connectivity index (χ4n) is 2.87. The normalized spacial score (nSPS) is 24.1. The van der Waals surface area contributed by atoms with E-state index in [0.717, 1.165) is 25.3 Å². The Morgan fingerprint density at radius 3 is 3.12 bits per heavy atom. The van der Waals surface area contributed by atoms with Crippen LogP contribution in [0.25, 0.3) is 0 Å². The first-order chi connectivity index (χ1) is 8.42. The van der Waals surface area contributed by atoms with Crippen molar-refractivity contribution in [3.8, 4) is 0 Å². The molecule has 1 aromatic heterocycles. The monoisotopic (exact) mass is 231 g/mol. The molecule has 3 nitrogen and oxygen atoms in total. The van der Waals surface area contributed by atoms with Crippen LogP contribution in [0.15, 0.2) is 12.1 Å². The summed E-state index contributed by atoms with van der Waals surface area (Å²) in [5.41, 5.74) is 2.78. The van der Waals surface area contributed by atoms with Crippen molar-refractivity contribution in [1.82, 2.24) is 10.3 Å². The van der Waals surface area contributed by atoms with Crippen LogP contribution in [0.5, 0.6) is 0 Å². The molecular weight excluding hydrogens is 210 g/mol. The number of anilines is 1. The van der Waals surface area contributed by atoms with Crippen molar-refractivity contribution in [1.29, 1.82) is 0 Å². The maximum absolute atomic E-state index is 4.75. The third kappa shape index (κ3) is 2.60. The maximum Gasteiger partial charge on any atom is 0.126 e. The van der Waals surface area contributed by atoms with E-state index in [0.29, 0.717) is 6.04 Å². The Morgan fingerprint density at radius 2 is 2.12 bits per heavy atom.